The molecule has 1 aromatic heterocycles. The summed E-state index contributed by atoms with van der Waals surface area (Å²) in [5.74, 6) is 0. The van der Waals surface area contributed by atoms with Crippen molar-refractivity contribution in [3.63, 3.8) is 0 Å². The molecule has 0 saturated heterocycles. The molecular weight excluding hydrogens is 707 g/mol. The first-order chi connectivity index (χ1) is 28.3. The van der Waals surface area contributed by atoms with Gasteiger partial charge in [-0.1, -0.05) is 182 Å². The lowest BCUT2D eigenvalue weighted by Gasteiger charge is -2.34. The molecular formula is C55H37NS. The summed E-state index contributed by atoms with van der Waals surface area (Å²) >= 11 is 1.88. The molecule has 0 bridgehead atoms. The third-order valence-electron chi connectivity index (χ3n) is 11.8. The molecule has 0 radical (unpaired) electrons. The highest BCUT2D eigenvalue weighted by molar-refractivity contribution is 7.26. The molecule has 0 saturated carbocycles. The standard InChI is InChI=1S/C55H37NS/c1-4-15-38(16-5-1)40-27-32-44(33-28-40)56(45-34-29-41(30-35-45)39-17-6-2-7-18-39)52-26-14-23-48-49-37-43(31-36-53(49)57-54(48)52)55(42-19-8-3-9-20-42)50-24-12-10-21-46(50)47-22-11-13-25-51(47)55/h1-37H. The Labute approximate surface area is 337 Å². The van der Waals surface area contributed by atoms with Gasteiger partial charge in [-0.05, 0) is 98.1 Å². The summed E-state index contributed by atoms with van der Waals surface area (Å²) in [6, 6.07) is 82.4. The summed E-state index contributed by atoms with van der Waals surface area (Å²) in [4.78, 5) is 2.43. The van der Waals surface area contributed by atoms with Crippen LogP contribution in [0.25, 0.3) is 53.6 Å². The maximum absolute atomic E-state index is 2.48. The van der Waals surface area contributed by atoms with Gasteiger partial charge in [0.15, 0.2) is 0 Å². The van der Waals surface area contributed by atoms with Crippen LogP contribution in [0.4, 0.5) is 17.1 Å². The van der Waals surface area contributed by atoms with E-state index in [0.717, 1.165) is 11.4 Å². The fraction of sp³-hybridized carbons (Fsp3) is 0.0182. The Bertz CT molecular complexity index is 2910. The Morgan fingerprint density at radius 2 is 0.842 bits per heavy atom. The molecule has 1 aliphatic rings. The van der Waals surface area contributed by atoms with Gasteiger partial charge >= 0.3 is 0 Å². The second kappa shape index (κ2) is 13.6. The second-order valence-electron chi connectivity index (χ2n) is 14.8. The van der Waals surface area contributed by atoms with Crippen molar-refractivity contribution in [2.45, 2.75) is 5.41 Å². The van der Waals surface area contributed by atoms with Crippen LogP contribution in [0.2, 0.25) is 0 Å². The molecule has 11 rings (SSSR count). The van der Waals surface area contributed by atoms with Gasteiger partial charge in [0.05, 0.1) is 15.8 Å². The van der Waals surface area contributed by atoms with Crippen LogP contribution in [0, 0.1) is 0 Å². The smallest absolute Gasteiger partial charge is 0.0713 e. The first-order valence-electron chi connectivity index (χ1n) is 19.6. The zero-order valence-corrected chi connectivity index (χ0v) is 32.0. The summed E-state index contributed by atoms with van der Waals surface area (Å²) < 4.78 is 2.55. The summed E-state index contributed by atoms with van der Waals surface area (Å²) in [5.41, 5.74) is 15.7. The van der Waals surface area contributed by atoms with E-state index in [9.17, 15) is 0 Å². The van der Waals surface area contributed by atoms with E-state index in [1.54, 1.807) is 0 Å². The Balaban J connectivity index is 1.10. The largest absolute Gasteiger partial charge is 0.309 e. The normalized spacial score (nSPS) is 12.7. The quantitative estimate of drug-likeness (QED) is 0.157. The van der Waals surface area contributed by atoms with E-state index < -0.39 is 5.41 Å². The zero-order valence-electron chi connectivity index (χ0n) is 31.2. The Morgan fingerprint density at radius 1 is 0.351 bits per heavy atom. The maximum Gasteiger partial charge on any atom is 0.0713 e. The van der Waals surface area contributed by atoms with Crippen molar-refractivity contribution in [2.75, 3.05) is 4.90 Å². The van der Waals surface area contributed by atoms with Gasteiger partial charge < -0.3 is 4.90 Å². The van der Waals surface area contributed by atoms with Crippen LogP contribution in [0.5, 0.6) is 0 Å². The molecule has 0 spiro atoms. The molecule has 0 amide bonds. The van der Waals surface area contributed by atoms with Gasteiger partial charge in [0, 0.05) is 26.8 Å². The van der Waals surface area contributed by atoms with Crippen LogP contribution in [0.15, 0.2) is 224 Å². The van der Waals surface area contributed by atoms with Crippen molar-refractivity contribution in [3.8, 4) is 33.4 Å². The molecule has 1 heterocycles. The first kappa shape index (κ1) is 33.3. The molecule has 0 aliphatic heterocycles. The Hall–Kier alpha value is -7.00. The minimum atomic E-state index is -0.443. The lowest BCUT2D eigenvalue weighted by atomic mass is 9.67. The number of anilines is 3. The SMILES string of the molecule is c1ccc(-c2ccc(N(c3ccc(-c4ccccc4)cc3)c3cccc4c3sc3ccc(C5(c6ccccc6)c6ccccc6-c6ccccc65)cc34)cc2)cc1. The van der Waals surface area contributed by atoms with Gasteiger partial charge in [0.2, 0.25) is 0 Å². The molecule has 0 unspecified atom stereocenters. The number of fused-ring (bicyclic) bond motifs is 6. The molecule has 1 aliphatic carbocycles. The zero-order chi connectivity index (χ0) is 37.8. The molecule has 0 N–H and O–H groups in total. The van der Waals surface area contributed by atoms with Gasteiger partial charge in [0.25, 0.3) is 0 Å². The number of benzene rings is 9. The van der Waals surface area contributed by atoms with E-state index in [2.05, 4.69) is 229 Å². The van der Waals surface area contributed by atoms with E-state index >= 15 is 0 Å². The number of nitrogens with zero attached hydrogens (tertiary/aromatic N) is 1. The predicted octanol–water partition coefficient (Wildman–Crippen LogP) is 15.2. The molecule has 0 fully saturated rings. The molecule has 9 aromatic carbocycles. The van der Waals surface area contributed by atoms with Crippen molar-refractivity contribution < 1.29 is 0 Å². The number of hydrogen-bond donors (Lipinski definition) is 0. The minimum absolute atomic E-state index is 0.443. The van der Waals surface area contributed by atoms with Gasteiger partial charge in [-0.3, -0.25) is 0 Å². The van der Waals surface area contributed by atoms with E-state index in [1.165, 1.54) is 81.5 Å². The van der Waals surface area contributed by atoms with Crippen molar-refractivity contribution in [1.82, 2.24) is 0 Å². The molecule has 57 heavy (non-hydrogen) atoms. The third kappa shape index (κ3) is 5.37. The average molecular weight is 744 g/mol. The summed E-state index contributed by atoms with van der Waals surface area (Å²) in [6.45, 7) is 0. The van der Waals surface area contributed by atoms with Gasteiger partial charge in [-0.15, -0.1) is 11.3 Å². The van der Waals surface area contributed by atoms with Gasteiger partial charge in [-0.25, -0.2) is 0 Å². The molecule has 268 valence electrons. The Morgan fingerprint density at radius 3 is 1.40 bits per heavy atom. The fourth-order valence-corrected chi connectivity index (χ4v) is 10.4. The van der Waals surface area contributed by atoms with E-state index in [1.807, 2.05) is 11.3 Å². The number of thiophene rings is 1. The lowest BCUT2D eigenvalue weighted by Crippen LogP contribution is -2.28. The van der Waals surface area contributed by atoms with Crippen LogP contribution < -0.4 is 4.90 Å². The van der Waals surface area contributed by atoms with Crippen molar-refractivity contribution in [2.24, 2.45) is 0 Å². The van der Waals surface area contributed by atoms with Gasteiger partial charge in [-0.2, -0.15) is 0 Å². The fourth-order valence-electron chi connectivity index (χ4n) is 9.20. The van der Waals surface area contributed by atoms with Crippen LogP contribution in [0.3, 0.4) is 0 Å². The van der Waals surface area contributed by atoms with Crippen LogP contribution in [-0.4, -0.2) is 0 Å². The van der Waals surface area contributed by atoms with Crippen LogP contribution in [0.1, 0.15) is 22.3 Å². The topological polar surface area (TPSA) is 3.24 Å². The lowest BCUT2D eigenvalue weighted by molar-refractivity contribution is 0.770. The van der Waals surface area contributed by atoms with Gasteiger partial charge in [0.1, 0.15) is 0 Å². The van der Waals surface area contributed by atoms with E-state index in [0.29, 0.717) is 0 Å². The Kier molecular flexibility index (Phi) is 7.98. The highest BCUT2D eigenvalue weighted by atomic mass is 32.1. The van der Waals surface area contributed by atoms with E-state index in [-0.39, 0.29) is 0 Å². The number of hydrogen-bond acceptors (Lipinski definition) is 2. The molecule has 2 heteroatoms. The third-order valence-corrected chi connectivity index (χ3v) is 13.0. The maximum atomic E-state index is 2.48. The highest BCUT2D eigenvalue weighted by Gasteiger charge is 2.46. The van der Waals surface area contributed by atoms with Crippen molar-refractivity contribution in [3.05, 3.63) is 247 Å². The van der Waals surface area contributed by atoms with Crippen LogP contribution in [-0.2, 0) is 5.41 Å². The highest BCUT2D eigenvalue weighted by Crippen LogP contribution is 2.57. The van der Waals surface area contributed by atoms with Crippen molar-refractivity contribution in [1.29, 1.82) is 0 Å². The monoisotopic (exact) mass is 743 g/mol. The van der Waals surface area contributed by atoms with Crippen molar-refractivity contribution >= 4 is 48.6 Å². The summed E-state index contributed by atoms with van der Waals surface area (Å²) in [5, 5.41) is 2.55. The average Bonchev–Trinajstić information content (AvgIpc) is 3.82. The minimum Gasteiger partial charge on any atom is -0.309 e. The molecule has 0 atom stereocenters. The summed E-state index contributed by atoms with van der Waals surface area (Å²) in [6.07, 6.45) is 0. The predicted molar refractivity (Wildman–Crippen MR) is 242 cm³/mol. The molecule has 10 aromatic rings. The summed E-state index contributed by atoms with van der Waals surface area (Å²) in [7, 11) is 0. The number of rotatable bonds is 7. The van der Waals surface area contributed by atoms with E-state index in [4.69, 9.17) is 0 Å². The molecule has 1 nitrogen and oxygen atoms in total. The second-order valence-corrected chi connectivity index (χ2v) is 15.9. The first-order valence-corrected chi connectivity index (χ1v) is 20.4. The van der Waals surface area contributed by atoms with Crippen LogP contribution >= 0.6 is 11.3 Å².